The molecular weight excluding hydrogens is 316 g/mol. The molecule has 0 saturated carbocycles. The van der Waals surface area contributed by atoms with Crippen LogP contribution in [0.3, 0.4) is 0 Å². The molecule has 6 heteroatoms. The highest BCUT2D eigenvalue weighted by molar-refractivity contribution is 5.75. The van der Waals surface area contributed by atoms with Crippen molar-refractivity contribution in [1.29, 1.82) is 0 Å². The molecule has 0 bridgehead atoms. The Morgan fingerprint density at radius 3 is 2.80 bits per heavy atom. The van der Waals surface area contributed by atoms with Gasteiger partial charge in [-0.25, -0.2) is 9.78 Å². The van der Waals surface area contributed by atoms with Crippen molar-refractivity contribution in [3.8, 4) is 0 Å². The van der Waals surface area contributed by atoms with Gasteiger partial charge in [0.05, 0.1) is 12.1 Å². The minimum atomic E-state index is -0.110. The van der Waals surface area contributed by atoms with Crippen LogP contribution in [-0.4, -0.2) is 26.6 Å². The molecule has 0 spiro atoms. The maximum absolute atomic E-state index is 12.9. The van der Waals surface area contributed by atoms with Crippen LogP contribution in [0.2, 0.25) is 0 Å². The van der Waals surface area contributed by atoms with Gasteiger partial charge in [-0.1, -0.05) is 36.8 Å². The first kappa shape index (κ1) is 17.0. The minimum absolute atomic E-state index is 0.0236. The van der Waals surface area contributed by atoms with E-state index in [0.717, 1.165) is 16.6 Å². The number of aromatic nitrogens is 3. The van der Waals surface area contributed by atoms with E-state index in [1.54, 1.807) is 22.3 Å². The topological polar surface area (TPSA) is 68.9 Å². The van der Waals surface area contributed by atoms with Gasteiger partial charge in [-0.2, -0.15) is 0 Å². The van der Waals surface area contributed by atoms with E-state index >= 15 is 0 Å². The van der Waals surface area contributed by atoms with Gasteiger partial charge in [0.25, 0.3) is 0 Å². The average Bonchev–Trinajstić information content (AvgIpc) is 2.87. The molecular formula is C19H22N4O2. The highest BCUT2D eigenvalue weighted by Gasteiger charge is 2.14. The molecule has 3 aromatic rings. The second-order valence-corrected chi connectivity index (χ2v) is 6.06. The largest absolute Gasteiger partial charge is 0.354 e. The standard InChI is InChI=1S/C19H22N4O2/c1-3-17(24)20-10-11-22-18-16(8-5-9-21-18)23(19(22)25)13-15-7-4-6-14(2)12-15/h4-9,12H,3,10-11,13H2,1-2H3,(H,20,24). The maximum Gasteiger partial charge on any atom is 0.330 e. The van der Waals surface area contributed by atoms with Crippen molar-refractivity contribution in [2.75, 3.05) is 6.54 Å². The summed E-state index contributed by atoms with van der Waals surface area (Å²) in [5.41, 5.74) is 3.57. The number of carbonyl (C=O) groups is 1. The Morgan fingerprint density at radius 2 is 2.04 bits per heavy atom. The third kappa shape index (κ3) is 3.63. The molecule has 0 atom stereocenters. The third-order valence-corrected chi connectivity index (χ3v) is 4.18. The number of imidazole rings is 1. The predicted molar refractivity (Wildman–Crippen MR) is 97.6 cm³/mol. The summed E-state index contributed by atoms with van der Waals surface area (Å²) in [7, 11) is 0. The summed E-state index contributed by atoms with van der Waals surface area (Å²) in [6.07, 6.45) is 2.11. The van der Waals surface area contributed by atoms with E-state index in [1.165, 1.54) is 0 Å². The van der Waals surface area contributed by atoms with Gasteiger partial charge in [-0.05, 0) is 24.6 Å². The van der Waals surface area contributed by atoms with Crippen molar-refractivity contribution in [3.05, 3.63) is 64.2 Å². The number of nitrogens with zero attached hydrogens (tertiary/aromatic N) is 3. The van der Waals surface area contributed by atoms with Crippen LogP contribution in [-0.2, 0) is 17.9 Å². The smallest absolute Gasteiger partial charge is 0.330 e. The van der Waals surface area contributed by atoms with E-state index in [1.807, 2.05) is 37.3 Å². The Kier molecular flexibility index (Phi) is 4.97. The fourth-order valence-corrected chi connectivity index (χ4v) is 2.93. The van der Waals surface area contributed by atoms with Gasteiger partial charge in [0.1, 0.15) is 0 Å². The van der Waals surface area contributed by atoms with Gasteiger partial charge in [0, 0.05) is 25.7 Å². The number of hydrogen-bond donors (Lipinski definition) is 1. The molecule has 0 fully saturated rings. The molecule has 0 unspecified atom stereocenters. The summed E-state index contributed by atoms with van der Waals surface area (Å²) < 4.78 is 3.36. The molecule has 0 radical (unpaired) electrons. The molecule has 0 aliphatic heterocycles. The number of carbonyl (C=O) groups excluding carboxylic acids is 1. The summed E-state index contributed by atoms with van der Waals surface area (Å²) >= 11 is 0. The normalized spacial score (nSPS) is 11.0. The summed E-state index contributed by atoms with van der Waals surface area (Å²) in [5.74, 6) is -0.0236. The molecule has 1 N–H and O–H groups in total. The zero-order chi connectivity index (χ0) is 17.8. The quantitative estimate of drug-likeness (QED) is 0.748. The molecule has 0 aliphatic carbocycles. The first-order chi connectivity index (χ1) is 12.1. The summed E-state index contributed by atoms with van der Waals surface area (Å²) in [6.45, 7) is 5.15. The lowest BCUT2D eigenvalue weighted by molar-refractivity contribution is -0.120. The minimum Gasteiger partial charge on any atom is -0.354 e. The van der Waals surface area contributed by atoms with Crippen molar-refractivity contribution in [2.45, 2.75) is 33.4 Å². The van der Waals surface area contributed by atoms with E-state index in [-0.39, 0.29) is 11.6 Å². The summed E-state index contributed by atoms with van der Waals surface area (Å²) in [6, 6.07) is 11.9. The predicted octanol–water partition coefficient (Wildman–Crippen LogP) is 2.08. The zero-order valence-corrected chi connectivity index (χ0v) is 14.5. The van der Waals surface area contributed by atoms with Crippen molar-refractivity contribution in [1.82, 2.24) is 19.4 Å². The van der Waals surface area contributed by atoms with Gasteiger partial charge in [0.2, 0.25) is 5.91 Å². The SMILES string of the molecule is CCC(=O)NCCn1c(=O)n(Cc2cccc(C)c2)c2cccnc21. The third-order valence-electron chi connectivity index (χ3n) is 4.18. The number of amides is 1. The Morgan fingerprint density at radius 1 is 1.20 bits per heavy atom. The van der Waals surface area contributed by atoms with Crippen LogP contribution < -0.4 is 11.0 Å². The number of hydrogen-bond acceptors (Lipinski definition) is 3. The molecule has 130 valence electrons. The fourth-order valence-electron chi connectivity index (χ4n) is 2.93. The molecule has 1 aromatic carbocycles. The van der Waals surface area contributed by atoms with Crippen LogP contribution in [0.15, 0.2) is 47.4 Å². The number of fused-ring (bicyclic) bond motifs is 1. The van der Waals surface area contributed by atoms with Crippen LogP contribution >= 0.6 is 0 Å². The summed E-state index contributed by atoms with van der Waals surface area (Å²) in [5, 5.41) is 2.80. The van der Waals surface area contributed by atoms with Crippen LogP contribution in [0, 0.1) is 6.92 Å². The first-order valence-electron chi connectivity index (χ1n) is 8.46. The lowest BCUT2D eigenvalue weighted by Crippen LogP contribution is -2.31. The zero-order valence-electron chi connectivity index (χ0n) is 14.5. The van der Waals surface area contributed by atoms with Gasteiger partial charge >= 0.3 is 5.69 Å². The van der Waals surface area contributed by atoms with E-state index in [2.05, 4.69) is 16.4 Å². The molecule has 2 aromatic heterocycles. The average molecular weight is 338 g/mol. The highest BCUT2D eigenvalue weighted by atomic mass is 16.2. The van der Waals surface area contributed by atoms with Crippen molar-refractivity contribution in [2.24, 2.45) is 0 Å². The van der Waals surface area contributed by atoms with Crippen LogP contribution in [0.4, 0.5) is 0 Å². The van der Waals surface area contributed by atoms with Crippen molar-refractivity contribution >= 4 is 17.1 Å². The van der Waals surface area contributed by atoms with Crippen LogP contribution in [0.25, 0.3) is 11.2 Å². The Hall–Kier alpha value is -2.89. The van der Waals surface area contributed by atoms with Gasteiger partial charge in [-0.15, -0.1) is 0 Å². The van der Waals surface area contributed by atoms with Gasteiger partial charge in [-0.3, -0.25) is 13.9 Å². The fraction of sp³-hybridized carbons (Fsp3) is 0.316. The van der Waals surface area contributed by atoms with E-state index in [4.69, 9.17) is 0 Å². The number of nitrogens with one attached hydrogen (secondary N) is 1. The van der Waals surface area contributed by atoms with Gasteiger partial charge in [0.15, 0.2) is 5.65 Å². The van der Waals surface area contributed by atoms with Gasteiger partial charge < -0.3 is 5.32 Å². The second-order valence-electron chi connectivity index (χ2n) is 6.06. The molecule has 0 saturated heterocycles. The highest BCUT2D eigenvalue weighted by Crippen LogP contribution is 2.13. The van der Waals surface area contributed by atoms with Crippen LogP contribution in [0.5, 0.6) is 0 Å². The lowest BCUT2D eigenvalue weighted by atomic mass is 10.1. The van der Waals surface area contributed by atoms with E-state index < -0.39 is 0 Å². The van der Waals surface area contributed by atoms with E-state index in [9.17, 15) is 9.59 Å². The number of pyridine rings is 1. The molecule has 6 nitrogen and oxygen atoms in total. The summed E-state index contributed by atoms with van der Waals surface area (Å²) in [4.78, 5) is 28.7. The maximum atomic E-state index is 12.9. The molecule has 1 amide bonds. The number of aryl methyl sites for hydroxylation is 1. The second kappa shape index (κ2) is 7.34. The lowest BCUT2D eigenvalue weighted by Gasteiger charge is -2.05. The molecule has 25 heavy (non-hydrogen) atoms. The number of benzene rings is 1. The van der Waals surface area contributed by atoms with Crippen molar-refractivity contribution < 1.29 is 4.79 Å². The Bertz CT molecular complexity index is 955. The molecule has 0 aliphatic rings. The first-order valence-corrected chi connectivity index (χ1v) is 8.46. The van der Waals surface area contributed by atoms with Crippen molar-refractivity contribution in [3.63, 3.8) is 0 Å². The molecule has 3 rings (SSSR count). The van der Waals surface area contributed by atoms with E-state index in [0.29, 0.717) is 31.7 Å². The Balaban J connectivity index is 1.95. The number of rotatable bonds is 6. The molecule has 2 heterocycles. The van der Waals surface area contributed by atoms with Crippen LogP contribution in [0.1, 0.15) is 24.5 Å². The monoisotopic (exact) mass is 338 g/mol. The Labute approximate surface area is 146 Å².